The molecule has 0 aliphatic carbocycles. The van der Waals surface area contributed by atoms with Gasteiger partial charge < -0.3 is 9.47 Å². The minimum atomic E-state index is -0.273. The molecule has 0 aromatic carbocycles. The van der Waals surface area contributed by atoms with Crippen LogP contribution in [0, 0.1) is 16.7 Å². The van der Waals surface area contributed by atoms with Gasteiger partial charge in [-0.2, -0.15) is 5.26 Å². The summed E-state index contributed by atoms with van der Waals surface area (Å²) in [6.07, 6.45) is 4.13. The van der Waals surface area contributed by atoms with Gasteiger partial charge >= 0.3 is 0 Å². The van der Waals surface area contributed by atoms with E-state index in [1.165, 1.54) is 0 Å². The second-order valence-corrected chi connectivity index (χ2v) is 5.44. The molecule has 0 N–H and O–H groups in total. The molecule has 0 spiro atoms. The summed E-state index contributed by atoms with van der Waals surface area (Å²) in [7, 11) is 0. The summed E-state index contributed by atoms with van der Waals surface area (Å²) in [6.45, 7) is 5.56. The Labute approximate surface area is 91.4 Å². The first kappa shape index (κ1) is 10.9. The Bertz CT molecular complexity index is 274. The molecule has 2 aliphatic rings. The lowest BCUT2D eigenvalue weighted by molar-refractivity contribution is -0.0305. The van der Waals surface area contributed by atoms with Crippen LogP contribution < -0.4 is 0 Å². The third-order valence-electron chi connectivity index (χ3n) is 3.51. The van der Waals surface area contributed by atoms with Gasteiger partial charge in [0.1, 0.15) is 0 Å². The number of nitriles is 1. The van der Waals surface area contributed by atoms with Crippen LogP contribution in [0.5, 0.6) is 0 Å². The zero-order valence-corrected chi connectivity index (χ0v) is 9.58. The normalized spacial score (nSPS) is 39.1. The average Bonchev–Trinajstić information content (AvgIpc) is 2.75. The van der Waals surface area contributed by atoms with E-state index in [0.29, 0.717) is 6.61 Å². The van der Waals surface area contributed by atoms with Crippen LogP contribution in [-0.2, 0) is 9.47 Å². The minimum absolute atomic E-state index is 0.000768. The highest BCUT2D eigenvalue weighted by Gasteiger charge is 2.41. The van der Waals surface area contributed by atoms with Crippen molar-refractivity contribution in [3.8, 4) is 6.07 Å². The SMILES string of the molecule is CC1(C)CCC(CC2(C#N)CCOC2)O1. The van der Waals surface area contributed by atoms with Crippen molar-refractivity contribution in [2.75, 3.05) is 13.2 Å². The molecule has 2 unspecified atom stereocenters. The fourth-order valence-corrected chi connectivity index (χ4v) is 2.56. The smallest absolute Gasteiger partial charge is 0.0853 e. The zero-order chi connectivity index (χ0) is 10.9. The van der Waals surface area contributed by atoms with Crippen LogP contribution in [-0.4, -0.2) is 24.9 Å². The second-order valence-electron chi connectivity index (χ2n) is 5.44. The zero-order valence-electron chi connectivity index (χ0n) is 9.58. The van der Waals surface area contributed by atoms with Crippen molar-refractivity contribution in [3.05, 3.63) is 0 Å². The fraction of sp³-hybridized carbons (Fsp3) is 0.917. The molecule has 84 valence electrons. The predicted octanol–water partition coefficient (Wildman–Crippen LogP) is 2.26. The van der Waals surface area contributed by atoms with Crippen LogP contribution in [0.1, 0.15) is 39.5 Å². The van der Waals surface area contributed by atoms with Crippen LogP contribution in [0.3, 0.4) is 0 Å². The first-order valence-corrected chi connectivity index (χ1v) is 5.72. The van der Waals surface area contributed by atoms with E-state index < -0.39 is 0 Å². The van der Waals surface area contributed by atoms with Gasteiger partial charge in [0.2, 0.25) is 0 Å². The molecule has 2 atom stereocenters. The van der Waals surface area contributed by atoms with Crippen molar-refractivity contribution in [1.82, 2.24) is 0 Å². The van der Waals surface area contributed by atoms with Crippen LogP contribution in [0.2, 0.25) is 0 Å². The van der Waals surface area contributed by atoms with Crippen molar-refractivity contribution in [1.29, 1.82) is 5.26 Å². The Morgan fingerprint density at radius 1 is 1.40 bits per heavy atom. The monoisotopic (exact) mass is 209 g/mol. The largest absolute Gasteiger partial charge is 0.380 e. The molecule has 2 saturated heterocycles. The summed E-state index contributed by atoms with van der Waals surface area (Å²) in [5.74, 6) is 0. The first-order chi connectivity index (χ1) is 7.05. The molecular weight excluding hydrogens is 190 g/mol. The third kappa shape index (κ3) is 2.32. The van der Waals surface area contributed by atoms with Gasteiger partial charge in [0.25, 0.3) is 0 Å². The van der Waals surface area contributed by atoms with E-state index in [9.17, 15) is 5.26 Å². The van der Waals surface area contributed by atoms with E-state index in [0.717, 1.165) is 32.3 Å². The van der Waals surface area contributed by atoms with E-state index in [4.69, 9.17) is 9.47 Å². The maximum Gasteiger partial charge on any atom is 0.0853 e. The summed E-state index contributed by atoms with van der Waals surface area (Å²) in [6, 6.07) is 2.43. The number of hydrogen-bond acceptors (Lipinski definition) is 3. The number of ether oxygens (including phenoxy) is 2. The molecule has 0 amide bonds. The second kappa shape index (κ2) is 3.77. The van der Waals surface area contributed by atoms with Crippen LogP contribution in [0.15, 0.2) is 0 Å². The number of hydrogen-bond donors (Lipinski definition) is 0. The topological polar surface area (TPSA) is 42.2 Å². The van der Waals surface area contributed by atoms with Gasteiger partial charge in [-0.3, -0.25) is 0 Å². The molecule has 2 aliphatic heterocycles. The molecule has 0 bridgehead atoms. The Kier molecular flexibility index (Phi) is 2.74. The van der Waals surface area contributed by atoms with Crippen molar-refractivity contribution in [2.45, 2.75) is 51.2 Å². The lowest BCUT2D eigenvalue weighted by Crippen LogP contribution is -2.27. The average molecular weight is 209 g/mol. The number of nitrogens with zero attached hydrogens (tertiary/aromatic N) is 1. The Balaban J connectivity index is 1.95. The van der Waals surface area contributed by atoms with E-state index >= 15 is 0 Å². The van der Waals surface area contributed by atoms with Crippen molar-refractivity contribution >= 4 is 0 Å². The van der Waals surface area contributed by atoms with E-state index in [1.807, 2.05) is 0 Å². The van der Waals surface area contributed by atoms with Crippen LogP contribution in [0.25, 0.3) is 0 Å². The molecule has 0 saturated carbocycles. The first-order valence-electron chi connectivity index (χ1n) is 5.72. The molecule has 15 heavy (non-hydrogen) atoms. The molecule has 0 aromatic rings. The quantitative estimate of drug-likeness (QED) is 0.700. The van der Waals surface area contributed by atoms with Gasteiger partial charge in [-0.15, -0.1) is 0 Å². The Morgan fingerprint density at radius 2 is 2.20 bits per heavy atom. The van der Waals surface area contributed by atoms with Crippen molar-refractivity contribution in [3.63, 3.8) is 0 Å². The van der Waals surface area contributed by atoms with Crippen molar-refractivity contribution < 1.29 is 9.47 Å². The van der Waals surface area contributed by atoms with E-state index in [1.54, 1.807) is 0 Å². The van der Waals surface area contributed by atoms with E-state index in [2.05, 4.69) is 19.9 Å². The van der Waals surface area contributed by atoms with E-state index in [-0.39, 0.29) is 17.1 Å². The van der Waals surface area contributed by atoms with Gasteiger partial charge in [-0.05, 0) is 39.5 Å². The molecule has 3 nitrogen and oxygen atoms in total. The predicted molar refractivity (Wildman–Crippen MR) is 56.3 cm³/mol. The maximum absolute atomic E-state index is 9.22. The number of rotatable bonds is 2. The lowest BCUT2D eigenvalue weighted by atomic mass is 9.82. The van der Waals surface area contributed by atoms with Gasteiger partial charge in [0.15, 0.2) is 0 Å². The van der Waals surface area contributed by atoms with Crippen LogP contribution >= 0.6 is 0 Å². The maximum atomic E-state index is 9.22. The summed E-state index contributed by atoms with van der Waals surface area (Å²) in [5.41, 5.74) is -0.272. The summed E-state index contributed by atoms with van der Waals surface area (Å²) >= 11 is 0. The molecule has 2 heterocycles. The molecule has 2 rings (SSSR count). The van der Waals surface area contributed by atoms with Crippen molar-refractivity contribution in [2.24, 2.45) is 5.41 Å². The summed E-state index contributed by atoms with van der Waals surface area (Å²) in [5, 5.41) is 9.22. The third-order valence-corrected chi connectivity index (χ3v) is 3.51. The Morgan fingerprint density at radius 3 is 2.67 bits per heavy atom. The van der Waals surface area contributed by atoms with Gasteiger partial charge in [-0.1, -0.05) is 0 Å². The fourth-order valence-electron chi connectivity index (χ4n) is 2.56. The van der Waals surface area contributed by atoms with Gasteiger partial charge in [-0.25, -0.2) is 0 Å². The molecule has 3 heteroatoms. The highest BCUT2D eigenvalue weighted by molar-refractivity contribution is 5.03. The van der Waals surface area contributed by atoms with Crippen LogP contribution in [0.4, 0.5) is 0 Å². The molecule has 0 aromatic heterocycles. The molecule has 2 fully saturated rings. The summed E-state index contributed by atoms with van der Waals surface area (Å²) in [4.78, 5) is 0. The summed E-state index contributed by atoms with van der Waals surface area (Å²) < 4.78 is 11.3. The molecule has 0 radical (unpaired) electrons. The highest BCUT2D eigenvalue weighted by atomic mass is 16.5. The van der Waals surface area contributed by atoms with Gasteiger partial charge in [0.05, 0.1) is 29.8 Å². The van der Waals surface area contributed by atoms with Gasteiger partial charge in [0, 0.05) is 6.61 Å². The Hall–Kier alpha value is -0.590. The lowest BCUT2D eigenvalue weighted by Gasteiger charge is -2.24. The molecular formula is C12H19NO2. The standard InChI is InChI=1S/C12H19NO2/c1-11(2)4-3-10(15-11)7-12(8-13)5-6-14-9-12/h10H,3-7,9H2,1-2H3. The minimum Gasteiger partial charge on any atom is -0.380 e. The highest BCUT2D eigenvalue weighted by Crippen LogP contribution is 2.39.